The maximum atomic E-state index is 11.2. The van der Waals surface area contributed by atoms with Gasteiger partial charge in [-0.15, -0.1) is 0 Å². The Morgan fingerprint density at radius 3 is 2.76 bits per heavy atom. The quantitative estimate of drug-likeness (QED) is 0.654. The Kier molecular flexibility index (Phi) is 3.88. The molecule has 0 bridgehead atoms. The highest BCUT2D eigenvalue weighted by atomic mass is 16.6. The van der Waals surface area contributed by atoms with Crippen LogP contribution in [-0.2, 0) is 13.6 Å². The molecule has 0 radical (unpaired) electrons. The summed E-state index contributed by atoms with van der Waals surface area (Å²) in [6.45, 7) is 0.463. The summed E-state index contributed by atoms with van der Waals surface area (Å²) in [5.74, 6) is -0.695. The molecule has 0 fully saturated rings. The van der Waals surface area contributed by atoms with Crippen molar-refractivity contribution in [1.82, 2.24) is 9.78 Å². The zero-order chi connectivity index (χ0) is 15.6. The van der Waals surface area contributed by atoms with E-state index in [0.717, 1.165) is 5.56 Å². The zero-order valence-corrected chi connectivity index (χ0v) is 11.7. The first-order valence-electron chi connectivity index (χ1n) is 6.15. The molecule has 1 amide bonds. The monoisotopic (exact) mass is 289 g/mol. The summed E-state index contributed by atoms with van der Waals surface area (Å²) in [4.78, 5) is 23.5. The van der Waals surface area contributed by atoms with E-state index in [4.69, 9.17) is 5.73 Å². The first kappa shape index (κ1) is 14.5. The first-order chi connectivity index (χ1) is 9.88. The summed E-state index contributed by atoms with van der Waals surface area (Å²) >= 11 is 0. The van der Waals surface area contributed by atoms with Crippen molar-refractivity contribution in [2.24, 2.45) is 12.8 Å². The van der Waals surface area contributed by atoms with Crippen LogP contribution >= 0.6 is 0 Å². The number of amides is 1. The molecule has 2 aromatic rings. The van der Waals surface area contributed by atoms with E-state index in [9.17, 15) is 14.9 Å². The van der Waals surface area contributed by atoms with Crippen LogP contribution < -0.4 is 10.6 Å². The summed E-state index contributed by atoms with van der Waals surface area (Å²) in [5.41, 5.74) is 6.44. The molecule has 2 N–H and O–H groups in total. The second-order valence-corrected chi connectivity index (χ2v) is 4.70. The van der Waals surface area contributed by atoms with Gasteiger partial charge in [-0.05, 0) is 12.1 Å². The summed E-state index contributed by atoms with van der Waals surface area (Å²) in [7, 11) is 3.53. The Balaban J connectivity index is 2.33. The minimum Gasteiger partial charge on any atom is -0.366 e. The van der Waals surface area contributed by atoms with Crippen molar-refractivity contribution in [3.05, 3.63) is 51.8 Å². The Morgan fingerprint density at radius 1 is 1.52 bits per heavy atom. The second kappa shape index (κ2) is 5.61. The van der Waals surface area contributed by atoms with Gasteiger partial charge in [0.1, 0.15) is 5.69 Å². The Hall–Kier alpha value is -2.90. The van der Waals surface area contributed by atoms with Gasteiger partial charge < -0.3 is 10.6 Å². The number of anilines is 1. The average molecular weight is 289 g/mol. The molecule has 0 aliphatic rings. The van der Waals surface area contributed by atoms with E-state index in [-0.39, 0.29) is 11.3 Å². The lowest BCUT2D eigenvalue weighted by atomic mass is 10.1. The van der Waals surface area contributed by atoms with E-state index in [2.05, 4.69) is 5.10 Å². The number of carbonyl (C=O) groups is 1. The number of aryl methyl sites for hydroxylation is 1. The molecule has 0 saturated carbocycles. The highest BCUT2D eigenvalue weighted by molar-refractivity contribution is 5.94. The highest BCUT2D eigenvalue weighted by Crippen LogP contribution is 2.29. The lowest BCUT2D eigenvalue weighted by Crippen LogP contribution is -2.18. The summed E-state index contributed by atoms with van der Waals surface area (Å²) in [5, 5.41) is 15.2. The first-order valence-corrected chi connectivity index (χ1v) is 6.15. The molecule has 2 rings (SSSR count). The molecular weight excluding hydrogens is 274 g/mol. The Bertz CT molecular complexity index is 695. The van der Waals surface area contributed by atoms with Gasteiger partial charge in [-0.2, -0.15) is 5.10 Å². The minimum absolute atomic E-state index is 0.111. The van der Waals surface area contributed by atoms with Gasteiger partial charge in [0.25, 0.3) is 5.69 Å². The van der Waals surface area contributed by atoms with Crippen LogP contribution in [0.25, 0.3) is 0 Å². The molecule has 8 nitrogen and oxygen atoms in total. The van der Waals surface area contributed by atoms with E-state index >= 15 is 0 Å². The fourth-order valence-corrected chi connectivity index (χ4v) is 2.06. The van der Waals surface area contributed by atoms with Gasteiger partial charge in [0.15, 0.2) is 0 Å². The summed E-state index contributed by atoms with van der Waals surface area (Å²) in [6, 6.07) is 4.19. The third-order valence-corrected chi connectivity index (χ3v) is 3.05. The maximum absolute atomic E-state index is 11.2. The van der Waals surface area contributed by atoms with Gasteiger partial charge in [-0.3, -0.25) is 19.6 Å². The highest BCUT2D eigenvalue weighted by Gasteiger charge is 2.19. The van der Waals surface area contributed by atoms with Gasteiger partial charge in [-0.25, -0.2) is 0 Å². The molecule has 1 aromatic heterocycles. The molecule has 0 spiro atoms. The SMILES string of the molecule is CN(Cc1cnn(C)c1)c1ccc(C(N)=O)cc1[N+](=O)[O-]. The predicted molar refractivity (Wildman–Crippen MR) is 76.9 cm³/mol. The van der Waals surface area contributed by atoms with Crippen LogP contribution in [0.15, 0.2) is 30.6 Å². The van der Waals surface area contributed by atoms with Crippen molar-refractivity contribution in [1.29, 1.82) is 0 Å². The number of nitrogens with zero attached hydrogens (tertiary/aromatic N) is 4. The standard InChI is InChI=1S/C13H15N5O3/c1-16(7-9-6-15-17(2)8-9)11-4-3-10(13(14)19)5-12(11)18(20)21/h3-6,8H,7H2,1-2H3,(H2,14,19). The van der Waals surface area contributed by atoms with Crippen LogP contribution in [0.4, 0.5) is 11.4 Å². The molecule has 1 heterocycles. The number of benzene rings is 1. The molecule has 0 aliphatic carbocycles. The van der Waals surface area contributed by atoms with E-state index in [1.807, 2.05) is 6.20 Å². The van der Waals surface area contributed by atoms with Crippen molar-refractivity contribution in [2.45, 2.75) is 6.54 Å². The summed E-state index contributed by atoms with van der Waals surface area (Å²) < 4.78 is 1.66. The number of primary amides is 1. The van der Waals surface area contributed by atoms with Crippen molar-refractivity contribution in [2.75, 3.05) is 11.9 Å². The number of nitrogens with two attached hydrogens (primary N) is 1. The van der Waals surface area contributed by atoms with Crippen molar-refractivity contribution >= 4 is 17.3 Å². The third kappa shape index (κ3) is 3.16. The lowest BCUT2D eigenvalue weighted by Gasteiger charge is -2.18. The van der Waals surface area contributed by atoms with E-state index in [0.29, 0.717) is 12.2 Å². The largest absolute Gasteiger partial charge is 0.366 e. The number of nitro groups is 1. The van der Waals surface area contributed by atoms with E-state index < -0.39 is 10.8 Å². The van der Waals surface area contributed by atoms with Gasteiger partial charge in [-0.1, -0.05) is 0 Å². The molecule has 0 aliphatic heterocycles. The fourth-order valence-electron chi connectivity index (χ4n) is 2.06. The van der Waals surface area contributed by atoms with Crippen LogP contribution in [-0.4, -0.2) is 27.7 Å². The van der Waals surface area contributed by atoms with Crippen LogP contribution in [0.1, 0.15) is 15.9 Å². The molecule has 0 saturated heterocycles. The molecule has 21 heavy (non-hydrogen) atoms. The van der Waals surface area contributed by atoms with E-state index in [1.54, 1.807) is 29.9 Å². The number of rotatable bonds is 5. The zero-order valence-electron chi connectivity index (χ0n) is 11.7. The number of aromatic nitrogens is 2. The van der Waals surface area contributed by atoms with Crippen LogP contribution in [0, 0.1) is 10.1 Å². The number of hydrogen-bond donors (Lipinski definition) is 1. The van der Waals surface area contributed by atoms with Gasteiger partial charge in [0, 0.05) is 44.0 Å². The smallest absolute Gasteiger partial charge is 0.293 e. The fraction of sp³-hybridized carbons (Fsp3) is 0.231. The number of carbonyl (C=O) groups excluding carboxylic acids is 1. The van der Waals surface area contributed by atoms with Crippen LogP contribution in [0.3, 0.4) is 0 Å². The van der Waals surface area contributed by atoms with Crippen molar-refractivity contribution in [3.8, 4) is 0 Å². The molecule has 8 heteroatoms. The van der Waals surface area contributed by atoms with Crippen molar-refractivity contribution in [3.63, 3.8) is 0 Å². The average Bonchev–Trinajstić information content (AvgIpc) is 2.83. The van der Waals surface area contributed by atoms with Crippen LogP contribution in [0.5, 0.6) is 0 Å². The summed E-state index contributed by atoms with van der Waals surface area (Å²) in [6.07, 6.45) is 3.53. The molecular formula is C13H15N5O3. The third-order valence-electron chi connectivity index (χ3n) is 3.05. The molecule has 1 aromatic carbocycles. The van der Waals surface area contributed by atoms with Gasteiger partial charge in [0.05, 0.1) is 11.1 Å². The molecule has 0 atom stereocenters. The normalized spacial score (nSPS) is 10.4. The predicted octanol–water partition coefficient (Wildman–Crippen LogP) is 1.06. The van der Waals surface area contributed by atoms with Crippen molar-refractivity contribution < 1.29 is 9.72 Å². The van der Waals surface area contributed by atoms with Crippen LogP contribution in [0.2, 0.25) is 0 Å². The number of nitro benzene ring substituents is 1. The lowest BCUT2D eigenvalue weighted by molar-refractivity contribution is -0.384. The molecule has 0 unspecified atom stereocenters. The minimum atomic E-state index is -0.695. The Labute approximate surface area is 120 Å². The molecule has 110 valence electrons. The number of hydrogen-bond acceptors (Lipinski definition) is 5. The van der Waals surface area contributed by atoms with Gasteiger partial charge in [0.2, 0.25) is 5.91 Å². The van der Waals surface area contributed by atoms with Gasteiger partial charge >= 0.3 is 0 Å². The van der Waals surface area contributed by atoms with E-state index in [1.165, 1.54) is 18.2 Å². The Morgan fingerprint density at radius 2 is 2.24 bits per heavy atom. The topological polar surface area (TPSA) is 107 Å². The second-order valence-electron chi connectivity index (χ2n) is 4.70. The maximum Gasteiger partial charge on any atom is 0.293 e.